The Bertz CT molecular complexity index is 626. The van der Waals surface area contributed by atoms with Gasteiger partial charge in [0.15, 0.2) is 5.79 Å². The van der Waals surface area contributed by atoms with Crippen LogP contribution in [0.4, 0.5) is 5.00 Å². The minimum atomic E-state index is -0.306. The standard InChI is InChI=1S/C18H26N2O3S/c1-3-20(13-4-7-18(8-5-13)22-10-11-23-18)17-12(2)15-14(24-17)6-9-19-16(15)21/h13H,3-11H2,1-2H3,(H,19,21). The molecule has 4 rings (SSSR count). The molecular weight excluding hydrogens is 324 g/mol. The smallest absolute Gasteiger partial charge is 0.252 e. The molecule has 5 nitrogen and oxygen atoms in total. The Kier molecular flexibility index (Phi) is 4.31. The van der Waals surface area contributed by atoms with Crippen LogP contribution in [0.15, 0.2) is 0 Å². The van der Waals surface area contributed by atoms with Crippen LogP contribution in [0.1, 0.15) is 53.4 Å². The molecule has 1 amide bonds. The third-order valence-corrected chi connectivity index (χ3v) is 7.02. The van der Waals surface area contributed by atoms with Gasteiger partial charge < -0.3 is 19.7 Å². The lowest BCUT2D eigenvalue weighted by Gasteiger charge is -2.41. The maximum Gasteiger partial charge on any atom is 0.252 e. The second-order valence-electron chi connectivity index (χ2n) is 6.96. The summed E-state index contributed by atoms with van der Waals surface area (Å²) in [5.41, 5.74) is 2.08. The summed E-state index contributed by atoms with van der Waals surface area (Å²) < 4.78 is 11.7. The van der Waals surface area contributed by atoms with Gasteiger partial charge in [0.25, 0.3) is 5.91 Å². The summed E-state index contributed by atoms with van der Waals surface area (Å²) in [6, 6.07) is 0.510. The van der Waals surface area contributed by atoms with E-state index in [0.717, 1.165) is 69.5 Å². The average Bonchev–Trinajstić information content (AvgIpc) is 3.17. The highest BCUT2D eigenvalue weighted by atomic mass is 32.1. The molecule has 0 aromatic carbocycles. The van der Waals surface area contributed by atoms with E-state index in [1.54, 1.807) is 0 Å². The first-order valence-electron chi connectivity index (χ1n) is 9.08. The largest absolute Gasteiger partial charge is 0.360 e. The molecule has 3 aliphatic rings. The molecule has 1 saturated carbocycles. The van der Waals surface area contributed by atoms with Crippen molar-refractivity contribution in [1.82, 2.24) is 5.32 Å². The molecule has 0 bridgehead atoms. The van der Waals surface area contributed by atoms with Gasteiger partial charge in [0.1, 0.15) is 0 Å². The van der Waals surface area contributed by atoms with E-state index in [0.29, 0.717) is 6.04 Å². The van der Waals surface area contributed by atoms with Crippen LogP contribution < -0.4 is 10.2 Å². The minimum Gasteiger partial charge on any atom is -0.360 e. The number of ether oxygens (including phenoxy) is 2. The van der Waals surface area contributed by atoms with E-state index in [2.05, 4.69) is 24.1 Å². The number of carbonyl (C=O) groups is 1. The Morgan fingerprint density at radius 1 is 1.29 bits per heavy atom. The molecule has 1 saturated heterocycles. The van der Waals surface area contributed by atoms with Crippen LogP contribution in [0.5, 0.6) is 0 Å². The van der Waals surface area contributed by atoms with E-state index >= 15 is 0 Å². The Morgan fingerprint density at radius 3 is 2.62 bits per heavy atom. The molecule has 1 N–H and O–H groups in total. The third kappa shape index (κ3) is 2.65. The summed E-state index contributed by atoms with van der Waals surface area (Å²) in [5.74, 6) is -0.206. The van der Waals surface area contributed by atoms with Gasteiger partial charge in [-0.15, -0.1) is 11.3 Å². The van der Waals surface area contributed by atoms with Crippen molar-refractivity contribution in [1.29, 1.82) is 0 Å². The van der Waals surface area contributed by atoms with Crippen molar-refractivity contribution in [2.24, 2.45) is 0 Å². The summed E-state index contributed by atoms with van der Waals surface area (Å²) in [6.45, 7) is 7.51. The maximum absolute atomic E-state index is 12.2. The summed E-state index contributed by atoms with van der Waals surface area (Å²) in [5, 5.41) is 4.26. The maximum atomic E-state index is 12.2. The third-order valence-electron chi connectivity index (χ3n) is 5.63. The fourth-order valence-electron chi connectivity index (χ4n) is 4.39. The van der Waals surface area contributed by atoms with Crippen molar-refractivity contribution in [3.63, 3.8) is 0 Å². The van der Waals surface area contributed by atoms with Crippen LogP contribution in [0.3, 0.4) is 0 Å². The monoisotopic (exact) mass is 350 g/mol. The molecule has 24 heavy (non-hydrogen) atoms. The lowest BCUT2D eigenvalue weighted by Crippen LogP contribution is -2.44. The Hall–Kier alpha value is -1.11. The lowest BCUT2D eigenvalue weighted by molar-refractivity contribution is -0.178. The summed E-state index contributed by atoms with van der Waals surface area (Å²) in [6.07, 6.45) is 5.07. The fraction of sp³-hybridized carbons (Fsp3) is 0.722. The molecule has 1 aromatic heterocycles. The van der Waals surface area contributed by atoms with Crippen LogP contribution in [0.2, 0.25) is 0 Å². The van der Waals surface area contributed by atoms with Gasteiger partial charge in [0.2, 0.25) is 0 Å². The molecule has 1 spiro atoms. The molecule has 3 heterocycles. The number of amides is 1. The van der Waals surface area contributed by atoms with Crippen LogP contribution in [-0.2, 0) is 15.9 Å². The second kappa shape index (κ2) is 6.32. The van der Waals surface area contributed by atoms with Gasteiger partial charge in [-0.2, -0.15) is 0 Å². The molecule has 1 aromatic rings. The molecule has 1 aliphatic carbocycles. The van der Waals surface area contributed by atoms with E-state index in [9.17, 15) is 4.79 Å². The molecule has 0 atom stereocenters. The molecule has 2 aliphatic heterocycles. The first-order chi connectivity index (χ1) is 11.6. The van der Waals surface area contributed by atoms with Gasteiger partial charge in [-0.3, -0.25) is 4.79 Å². The zero-order valence-corrected chi connectivity index (χ0v) is 15.3. The SMILES string of the molecule is CCN(c1sc2c(c1C)C(=O)NCC2)C1CCC2(CC1)OCCO2. The van der Waals surface area contributed by atoms with Crippen molar-refractivity contribution in [2.75, 3.05) is 31.2 Å². The summed E-state index contributed by atoms with van der Waals surface area (Å²) >= 11 is 1.82. The van der Waals surface area contributed by atoms with Gasteiger partial charge in [-0.25, -0.2) is 0 Å². The van der Waals surface area contributed by atoms with Gasteiger partial charge in [-0.1, -0.05) is 0 Å². The molecular formula is C18H26N2O3S. The van der Waals surface area contributed by atoms with E-state index < -0.39 is 0 Å². The van der Waals surface area contributed by atoms with Gasteiger partial charge in [-0.05, 0) is 32.3 Å². The zero-order chi connectivity index (χ0) is 16.7. The first-order valence-corrected chi connectivity index (χ1v) is 9.90. The summed E-state index contributed by atoms with van der Waals surface area (Å²) in [7, 11) is 0. The number of thiophene rings is 1. The highest BCUT2D eigenvalue weighted by molar-refractivity contribution is 7.16. The molecule has 0 unspecified atom stereocenters. The lowest BCUT2D eigenvalue weighted by atomic mass is 9.89. The summed E-state index contributed by atoms with van der Waals surface area (Å²) in [4.78, 5) is 16.0. The average molecular weight is 350 g/mol. The zero-order valence-electron chi connectivity index (χ0n) is 14.5. The van der Waals surface area contributed by atoms with Crippen molar-refractivity contribution in [3.8, 4) is 0 Å². The van der Waals surface area contributed by atoms with Crippen molar-refractivity contribution in [3.05, 3.63) is 16.0 Å². The molecule has 0 radical (unpaired) electrons. The van der Waals surface area contributed by atoms with Crippen molar-refractivity contribution in [2.45, 2.75) is 57.8 Å². The quantitative estimate of drug-likeness (QED) is 0.911. The second-order valence-corrected chi connectivity index (χ2v) is 8.04. The van der Waals surface area contributed by atoms with E-state index in [4.69, 9.17) is 9.47 Å². The van der Waals surface area contributed by atoms with Crippen LogP contribution in [0.25, 0.3) is 0 Å². The van der Waals surface area contributed by atoms with Gasteiger partial charge in [0, 0.05) is 43.3 Å². The normalized spacial score (nSPS) is 23.3. The number of anilines is 1. The molecule has 132 valence electrons. The van der Waals surface area contributed by atoms with E-state index in [1.165, 1.54) is 9.88 Å². The Morgan fingerprint density at radius 2 is 2.00 bits per heavy atom. The highest BCUT2D eigenvalue weighted by Gasteiger charge is 2.42. The Labute approximate surface area is 147 Å². The number of hydrogen-bond acceptors (Lipinski definition) is 5. The number of rotatable bonds is 3. The van der Waals surface area contributed by atoms with Crippen LogP contribution >= 0.6 is 11.3 Å². The predicted octanol–water partition coefficient (Wildman–Crippen LogP) is 2.85. The van der Waals surface area contributed by atoms with Gasteiger partial charge >= 0.3 is 0 Å². The number of hydrogen-bond donors (Lipinski definition) is 1. The minimum absolute atomic E-state index is 0.0997. The Balaban J connectivity index is 1.55. The molecule has 2 fully saturated rings. The van der Waals surface area contributed by atoms with E-state index in [1.807, 2.05) is 11.3 Å². The number of nitrogens with zero attached hydrogens (tertiary/aromatic N) is 1. The first kappa shape index (κ1) is 16.4. The highest BCUT2D eigenvalue weighted by Crippen LogP contribution is 2.42. The van der Waals surface area contributed by atoms with Crippen molar-refractivity contribution >= 4 is 22.2 Å². The number of carbonyl (C=O) groups excluding carboxylic acids is 1. The number of fused-ring (bicyclic) bond motifs is 1. The van der Waals surface area contributed by atoms with Crippen molar-refractivity contribution < 1.29 is 14.3 Å². The van der Waals surface area contributed by atoms with Crippen LogP contribution in [-0.4, -0.2) is 44.0 Å². The fourth-order valence-corrected chi connectivity index (χ4v) is 5.83. The van der Waals surface area contributed by atoms with Gasteiger partial charge in [0.05, 0.1) is 23.8 Å². The topological polar surface area (TPSA) is 50.8 Å². The number of nitrogens with one attached hydrogen (secondary N) is 1. The molecule has 6 heteroatoms. The van der Waals surface area contributed by atoms with Crippen LogP contribution in [0, 0.1) is 6.92 Å². The van der Waals surface area contributed by atoms with E-state index in [-0.39, 0.29) is 11.7 Å². The predicted molar refractivity (Wildman–Crippen MR) is 95.0 cm³/mol.